The zero-order valence-electron chi connectivity index (χ0n) is 18.1. The van der Waals surface area contributed by atoms with Crippen LogP contribution in [0.25, 0.3) is 5.76 Å². The zero-order valence-corrected chi connectivity index (χ0v) is 18.9. The third-order valence-electron chi connectivity index (χ3n) is 5.29. The van der Waals surface area contributed by atoms with Gasteiger partial charge < -0.3 is 14.7 Å². The molecule has 2 aromatic heterocycles. The molecule has 7 heteroatoms. The fraction of sp³-hybridized carbons (Fsp3) is 0.240. The summed E-state index contributed by atoms with van der Waals surface area (Å²) in [6, 6.07) is 11.8. The van der Waals surface area contributed by atoms with Crippen LogP contribution < -0.4 is 4.74 Å². The number of likely N-dealkylation sites (tertiary alicyclic amines) is 1. The number of aliphatic hydroxyl groups is 1. The van der Waals surface area contributed by atoms with Crippen molar-refractivity contribution < 1.29 is 19.4 Å². The van der Waals surface area contributed by atoms with Crippen molar-refractivity contribution in [3.63, 3.8) is 0 Å². The molecule has 1 unspecified atom stereocenters. The molecule has 164 valence electrons. The maximum Gasteiger partial charge on any atom is 0.295 e. The van der Waals surface area contributed by atoms with Crippen molar-refractivity contribution in [3.8, 4) is 5.75 Å². The number of amides is 1. The number of pyridine rings is 1. The van der Waals surface area contributed by atoms with Crippen LogP contribution in [0, 0.1) is 6.92 Å². The number of ether oxygens (including phenoxy) is 1. The Labute approximate surface area is 190 Å². The summed E-state index contributed by atoms with van der Waals surface area (Å²) < 4.78 is 5.66. The smallest absolute Gasteiger partial charge is 0.295 e. The van der Waals surface area contributed by atoms with Crippen molar-refractivity contribution in [3.05, 3.63) is 87.4 Å². The van der Waals surface area contributed by atoms with E-state index in [4.69, 9.17) is 4.74 Å². The number of rotatable bonds is 6. The zero-order chi connectivity index (χ0) is 22.8. The van der Waals surface area contributed by atoms with Crippen molar-refractivity contribution in [1.29, 1.82) is 0 Å². The van der Waals surface area contributed by atoms with Crippen molar-refractivity contribution in [1.82, 2.24) is 9.88 Å². The van der Waals surface area contributed by atoms with Gasteiger partial charge in [0, 0.05) is 29.4 Å². The lowest BCUT2D eigenvalue weighted by Gasteiger charge is -2.25. The second kappa shape index (κ2) is 8.96. The molecule has 1 aliphatic rings. The molecular weight excluding hydrogens is 424 g/mol. The quantitative estimate of drug-likeness (QED) is 0.331. The van der Waals surface area contributed by atoms with Gasteiger partial charge in [-0.3, -0.25) is 14.6 Å². The highest BCUT2D eigenvalue weighted by molar-refractivity contribution is 7.10. The van der Waals surface area contributed by atoms with Crippen LogP contribution in [0.5, 0.6) is 5.75 Å². The van der Waals surface area contributed by atoms with Crippen LogP contribution in [0.1, 0.15) is 41.5 Å². The third kappa shape index (κ3) is 4.16. The SMILES string of the molecule is Cc1ccsc1C1/C(=C(/O)c2ccc(OC(C)C)cc2)C(=O)C(=O)N1Cc1ccncc1. The van der Waals surface area contributed by atoms with Crippen LogP contribution in [-0.2, 0) is 16.1 Å². The summed E-state index contributed by atoms with van der Waals surface area (Å²) in [5.41, 5.74) is 2.39. The number of benzene rings is 1. The van der Waals surface area contributed by atoms with E-state index in [1.807, 2.05) is 44.4 Å². The molecule has 1 aromatic carbocycles. The molecule has 6 nitrogen and oxygen atoms in total. The second-order valence-corrected chi connectivity index (χ2v) is 8.89. The van der Waals surface area contributed by atoms with Gasteiger partial charge in [-0.05, 0) is 79.7 Å². The molecule has 32 heavy (non-hydrogen) atoms. The van der Waals surface area contributed by atoms with E-state index in [2.05, 4.69) is 4.98 Å². The molecule has 1 aliphatic heterocycles. The predicted molar refractivity (Wildman–Crippen MR) is 123 cm³/mol. The van der Waals surface area contributed by atoms with Crippen molar-refractivity contribution >= 4 is 28.8 Å². The van der Waals surface area contributed by atoms with Gasteiger partial charge in [0.15, 0.2) is 0 Å². The Morgan fingerprint density at radius 3 is 2.41 bits per heavy atom. The number of Topliss-reactive ketones (excluding diaryl/α,β-unsaturated/α-hetero) is 1. The van der Waals surface area contributed by atoms with E-state index < -0.39 is 17.7 Å². The Balaban J connectivity index is 1.79. The number of aliphatic hydroxyl groups excluding tert-OH is 1. The molecule has 3 heterocycles. The highest BCUT2D eigenvalue weighted by Crippen LogP contribution is 2.43. The number of hydrogen-bond donors (Lipinski definition) is 1. The van der Waals surface area contributed by atoms with E-state index >= 15 is 0 Å². The number of nitrogens with zero attached hydrogens (tertiary/aromatic N) is 2. The molecule has 3 aromatic rings. The summed E-state index contributed by atoms with van der Waals surface area (Å²) in [4.78, 5) is 32.6. The van der Waals surface area contributed by atoms with Gasteiger partial charge in [-0.25, -0.2) is 0 Å². The van der Waals surface area contributed by atoms with Crippen LogP contribution in [0.3, 0.4) is 0 Å². The fourth-order valence-electron chi connectivity index (χ4n) is 3.78. The largest absolute Gasteiger partial charge is 0.507 e. The summed E-state index contributed by atoms with van der Waals surface area (Å²) in [5.74, 6) is -0.826. The van der Waals surface area contributed by atoms with Crippen molar-refractivity contribution in [2.45, 2.75) is 39.5 Å². The van der Waals surface area contributed by atoms with Crippen molar-refractivity contribution in [2.24, 2.45) is 0 Å². The highest BCUT2D eigenvalue weighted by atomic mass is 32.1. The van der Waals surface area contributed by atoms with E-state index in [1.165, 1.54) is 16.2 Å². The molecule has 1 N–H and O–H groups in total. The van der Waals surface area contributed by atoms with E-state index in [9.17, 15) is 14.7 Å². The number of aryl methyl sites for hydroxylation is 1. The Hall–Kier alpha value is -3.45. The first-order valence-corrected chi connectivity index (χ1v) is 11.2. The first-order chi connectivity index (χ1) is 15.4. The molecule has 0 bridgehead atoms. The molecular formula is C25H24N2O4S. The van der Waals surface area contributed by atoms with E-state index in [0.717, 1.165) is 16.0 Å². The lowest BCUT2D eigenvalue weighted by atomic mass is 9.98. The lowest BCUT2D eigenvalue weighted by Crippen LogP contribution is -2.29. The molecule has 0 aliphatic carbocycles. The minimum absolute atomic E-state index is 0.0229. The van der Waals surface area contributed by atoms with Gasteiger partial charge in [0.1, 0.15) is 17.6 Å². The lowest BCUT2D eigenvalue weighted by molar-refractivity contribution is -0.140. The maximum atomic E-state index is 13.1. The number of carbonyl (C=O) groups excluding carboxylic acids is 2. The van der Waals surface area contributed by atoms with Crippen LogP contribution in [0.15, 0.2) is 65.8 Å². The molecule has 4 rings (SSSR count). The Morgan fingerprint density at radius 2 is 1.81 bits per heavy atom. The summed E-state index contributed by atoms with van der Waals surface area (Å²) >= 11 is 1.47. The van der Waals surface area contributed by atoms with E-state index in [-0.39, 0.29) is 24.0 Å². The van der Waals surface area contributed by atoms with Crippen LogP contribution in [0.2, 0.25) is 0 Å². The number of ketones is 1. The second-order valence-electron chi connectivity index (χ2n) is 7.94. The highest BCUT2D eigenvalue weighted by Gasteiger charge is 2.47. The predicted octanol–water partition coefficient (Wildman–Crippen LogP) is 4.86. The van der Waals surface area contributed by atoms with Gasteiger partial charge in [-0.15, -0.1) is 11.3 Å². The summed E-state index contributed by atoms with van der Waals surface area (Å²) in [6.07, 6.45) is 3.32. The Kier molecular flexibility index (Phi) is 6.10. The average molecular weight is 449 g/mol. The van der Waals surface area contributed by atoms with Gasteiger partial charge >= 0.3 is 0 Å². The molecule has 1 saturated heterocycles. The maximum absolute atomic E-state index is 13.1. The first-order valence-electron chi connectivity index (χ1n) is 10.3. The molecule has 1 atom stereocenters. The van der Waals surface area contributed by atoms with Gasteiger partial charge in [0.05, 0.1) is 11.7 Å². The number of hydrogen-bond acceptors (Lipinski definition) is 6. The molecule has 1 amide bonds. The van der Waals surface area contributed by atoms with Crippen molar-refractivity contribution in [2.75, 3.05) is 0 Å². The van der Waals surface area contributed by atoms with Crippen LogP contribution in [-0.4, -0.2) is 32.8 Å². The normalized spacial score (nSPS) is 17.9. The standard InChI is InChI=1S/C25H24N2O4S/c1-15(2)31-19-6-4-18(5-7-19)22(28)20-21(24-16(3)10-13-32-24)27(25(30)23(20)29)14-17-8-11-26-12-9-17/h4-13,15,21,28H,14H2,1-3H3/b22-20-. The molecule has 0 radical (unpaired) electrons. The van der Waals surface area contributed by atoms with Crippen LogP contribution >= 0.6 is 11.3 Å². The number of thiophene rings is 1. The Morgan fingerprint density at radius 1 is 1.12 bits per heavy atom. The summed E-state index contributed by atoms with van der Waals surface area (Å²) in [7, 11) is 0. The van der Waals surface area contributed by atoms with Gasteiger partial charge in [0.25, 0.3) is 11.7 Å². The Bertz CT molecular complexity index is 1170. The van der Waals surface area contributed by atoms with Gasteiger partial charge in [-0.2, -0.15) is 0 Å². The molecule has 0 spiro atoms. The van der Waals surface area contributed by atoms with Gasteiger partial charge in [0.2, 0.25) is 0 Å². The molecule has 0 saturated carbocycles. The third-order valence-corrected chi connectivity index (χ3v) is 6.36. The van der Waals surface area contributed by atoms with E-state index in [1.54, 1.807) is 36.7 Å². The topological polar surface area (TPSA) is 79.7 Å². The summed E-state index contributed by atoms with van der Waals surface area (Å²) in [5, 5.41) is 13.1. The first kappa shape index (κ1) is 21.8. The summed E-state index contributed by atoms with van der Waals surface area (Å²) in [6.45, 7) is 6.05. The number of aromatic nitrogens is 1. The minimum atomic E-state index is -0.683. The minimum Gasteiger partial charge on any atom is -0.507 e. The monoisotopic (exact) mass is 448 g/mol. The van der Waals surface area contributed by atoms with Gasteiger partial charge in [-0.1, -0.05) is 0 Å². The number of carbonyl (C=O) groups is 2. The molecule has 1 fully saturated rings. The van der Waals surface area contributed by atoms with E-state index in [0.29, 0.717) is 11.3 Å². The van der Waals surface area contributed by atoms with Crippen LogP contribution in [0.4, 0.5) is 0 Å². The fourth-order valence-corrected chi connectivity index (χ4v) is 4.83. The average Bonchev–Trinajstić information content (AvgIpc) is 3.30.